The van der Waals surface area contributed by atoms with Crippen LogP contribution in [0.4, 0.5) is 17.6 Å². The van der Waals surface area contributed by atoms with E-state index in [1.807, 2.05) is 4.90 Å². The zero-order valence-electron chi connectivity index (χ0n) is 13.3. The Kier molecular flexibility index (Phi) is 5.43. The van der Waals surface area contributed by atoms with Gasteiger partial charge in [-0.05, 0) is 6.07 Å². The van der Waals surface area contributed by atoms with Crippen LogP contribution < -0.4 is 0 Å². The number of rotatable bonds is 3. The molecule has 1 aliphatic rings. The molecule has 0 atom stereocenters. The van der Waals surface area contributed by atoms with Crippen LogP contribution in [0.3, 0.4) is 0 Å². The molecule has 0 N–H and O–H groups in total. The van der Waals surface area contributed by atoms with Crippen molar-refractivity contribution in [3.05, 3.63) is 34.9 Å². The molecule has 1 aromatic rings. The maximum absolute atomic E-state index is 13.7. The summed E-state index contributed by atoms with van der Waals surface area (Å²) >= 11 is 0. The molecule has 0 bridgehead atoms. The highest BCUT2D eigenvalue weighted by atomic mass is 19.2. The molecule has 5 nitrogen and oxygen atoms in total. The van der Waals surface area contributed by atoms with Gasteiger partial charge >= 0.3 is 0 Å². The molecule has 9 heteroatoms. The van der Waals surface area contributed by atoms with Crippen molar-refractivity contribution in [3.8, 4) is 0 Å². The van der Waals surface area contributed by atoms with Crippen molar-refractivity contribution in [3.63, 3.8) is 0 Å². The monoisotopic (exact) mass is 347 g/mol. The molecule has 2 rings (SSSR count). The van der Waals surface area contributed by atoms with Gasteiger partial charge < -0.3 is 9.80 Å². The van der Waals surface area contributed by atoms with Gasteiger partial charge in [-0.3, -0.25) is 14.5 Å². The zero-order valence-corrected chi connectivity index (χ0v) is 13.3. The molecular weight excluding hydrogens is 330 g/mol. The minimum atomic E-state index is -2.01. The molecule has 1 saturated heterocycles. The third kappa shape index (κ3) is 3.66. The zero-order chi connectivity index (χ0) is 18.0. The maximum Gasteiger partial charge on any atom is 0.257 e. The van der Waals surface area contributed by atoms with E-state index in [0.29, 0.717) is 19.2 Å². The van der Waals surface area contributed by atoms with E-state index < -0.39 is 34.7 Å². The first-order valence-corrected chi connectivity index (χ1v) is 7.27. The average Bonchev–Trinajstić information content (AvgIpc) is 2.56. The lowest BCUT2D eigenvalue weighted by atomic mass is 10.1. The number of halogens is 4. The number of likely N-dealkylation sites (N-methyl/N-ethyl adjacent to an activating group) is 1. The Bertz CT molecular complexity index is 659. The van der Waals surface area contributed by atoms with Crippen molar-refractivity contribution in [2.75, 3.05) is 46.8 Å². The Morgan fingerprint density at radius 3 is 2.12 bits per heavy atom. The van der Waals surface area contributed by atoms with Crippen molar-refractivity contribution in [1.82, 2.24) is 14.7 Å². The number of hydrogen-bond donors (Lipinski definition) is 0. The molecule has 1 aromatic carbocycles. The molecule has 2 amide bonds. The molecular formula is C15H17F4N3O2. The molecule has 1 heterocycles. The molecule has 0 saturated carbocycles. The van der Waals surface area contributed by atoms with Crippen LogP contribution in [0.15, 0.2) is 6.07 Å². The number of nitrogens with zero attached hydrogens (tertiary/aromatic N) is 3. The smallest absolute Gasteiger partial charge is 0.257 e. The summed E-state index contributed by atoms with van der Waals surface area (Å²) < 4.78 is 53.1. The lowest BCUT2D eigenvalue weighted by Crippen LogP contribution is -2.51. The topological polar surface area (TPSA) is 43.9 Å². The standard InChI is InChI=1S/C15H17F4N3O2/c1-20(2)11(23)8-21-3-5-22(6-4-21)15(24)9-7-10(16)13(18)14(19)12(9)17/h7H,3-6,8H2,1-2H3. The number of piperazine rings is 1. The number of carbonyl (C=O) groups excluding carboxylic acids is 2. The molecule has 0 unspecified atom stereocenters. The molecule has 0 aliphatic carbocycles. The van der Waals surface area contributed by atoms with Crippen LogP contribution in [0.2, 0.25) is 0 Å². The Hall–Kier alpha value is -2.16. The molecule has 0 aromatic heterocycles. The molecule has 24 heavy (non-hydrogen) atoms. The van der Waals surface area contributed by atoms with Crippen LogP contribution in [0.1, 0.15) is 10.4 Å². The maximum atomic E-state index is 13.7. The Morgan fingerprint density at radius 2 is 1.58 bits per heavy atom. The second kappa shape index (κ2) is 7.16. The largest absolute Gasteiger partial charge is 0.348 e. The minimum Gasteiger partial charge on any atom is -0.348 e. The third-order valence-electron chi connectivity index (χ3n) is 3.85. The highest BCUT2D eigenvalue weighted by molar-refractivity contribution is 5.94. The van der Waals surface area contributed by atoms with Gasteiger partial charge in [-0.1, -0.05) is 0 Å². The number of hydrogen-bond acceptors (Lipinski definition) is 3. The fourth-order valence-electron chi connectivity index (χ4n) is 2.34. The van der Waals surface area contributed by atoms with Crippen molar-refractivity contribution in [2.24, 2.45) is 0 Å². The van der Waals surface area contributed by atoms with Crippen molar-refractivity contribution in [1.29, 1.82) is 0 Å². The minimum absolute atomic E-state index is 0.0940. The SMILES string of the molecule is CN(C)C(=O)CN1CCN(C(=O)c2cc(F)c(F)c(F)c2F)CC1. The molecule has 0 spiro atoms. The normalized spacial score (nSPS) is 15.5. The van der Waals surface area contributed by atoms with E-state index in [1.165, 1.54) is 9.80 Å². The highest BCUT2D eigenvalue weighted by Crippen LogP contribution is 2.20. The van der Waals surface area contributed by atoms with Crippen LogP contribution in [0.5, 0.6) is 0 Å². The van der Waals surface area contributed by atoms with E-state index in [0.717, 1.165) is 0 Å². The quantitative estimate of drug-likeness (QED) is 0.467. The van der Waals surface area contributed by atoms with Crippen molar-refractivity contribution in [2.45, 2.75) is 0 Å². The summed E-state index contributed by atoms with van der Waals surface area (Å²) in [6, 6.07) is 0.359. The van der Waals surface area contributed by atoms with E-state index in [-0.39, 0.29) is 25.5 Å². The predicted molar refractivity (Wildman–Crippen MR) is 77.3 cm³/mol. The Balaban J connectivity index is 2.05. The second-order valence-electron chi connectivity index (χ2n) is 5.70. The van der Waals surface area contributed by atoms with Gasteiger partial charge in [0.05, 0.1) is 12.1 Å². The second-order valence-corrected chi connectivity index (χ2v) is 5.70. The summed E-state index contributed by atoms with van der Waals surface area (Å²) in [4.78, 5) is 28.3. The lowest BCUT2D eigenvalue weighted by molar-refractivity contribution is -0.130. The van der Waals surface area contributed by atoms with Crippen molar-refractivity contribution >= 4 is 11.8 Å². The van der Waals surface area contributed by atoms with E-state index in [1.54, 1.807) is 14.1 Å². The highest BCUT2D eigenvalue weighted by Gasteiger charge is 2.28. The van der Waals surface area contributed by atoms with Crippen LogP contribution in [-0.4, -0.2) is 73.3 Å². The fraction of sp³-hybridized carbons (Fsp3) is 0.467. The van der Waals surface area contributed by atoms with Gasteiger partial charge in [-0.25, -0.2) is 17.6 Å². The summed E-state index contributed by atoms with van der Waals surface area (Å²) in [7, 11) is 3.25. The van der Waals surface area contributed by atoms with Gasteiger partial charge in [-0.15, -0.1) is 0 Å². The summed E-state index contributed by atoms with van der Waals surface area (Å²) in [6.07, 6.45) is 0. The van der Waals surface area contributed by atoms with Gasteiger partial charge in [0.15, 0.2) is 23.3 Å². The number of benzene rings is 1. The van der Waals surface area contributed by atoms with E-state index in [2.05, 4.69) is 0 Å². The third-order valence-corrected chi connectivity index (χ3v) is 3.85. The van der Waals surface area contributed by atoms with E-state index in [9.17, 15) is 27.2 Å². The summed E-state index contributed by atoms with van der Waals surface area (Å²) in [6.45, 7) is 1.24. The van der Waals surface area contributed by atoms with Gasteiger partial charge in [0.1, 0.15) is 0 Å². The van der Waals surface area contributed by atoms with Gasteiger partial charge in [0.2, 0.25) is 5.91 Å². The first-order chi connectivity index (χ1) is 11.2. The van der Waals surface area contributed by atoms with Crippen LogP contribution in [0, 0.1) is 23.3 Å². The number of carbonyl (C=O) groups is 2. The fourth-order valence-corrected chi connectivity index (χ4v) is 2.34. The molecule has 132 valence electrons. The predicted octanol–water partition coefficient (Wildman–Crippen LogP) is 1.09. The van der Waals surface area contributed by atoms with Gasteiger partial charge in [-0.2, -0.15) is 0 Å². The number of amides is 2. The first kappa shape index (κ1) is 18.2. The lowest BCUT2D eigenvalue weighted by Gasteiger charge is -2.34. The van der Waals surface area contributed by atoms with Crippen LogP contribution in [0.25, 0.3) is 0 Å². The van der Waals surface area contributed by atoms with E-state index in [4.69, 9.17) is 0 Å². The molecule has 1 fully saturated rings. The summed E-state index contributed by atoms with van der Waals surface area (Å²) in [5.74, 6) is -8.28. The van der Waals surface area contributed by atoms with Crippen LogP contribution >= 0.6 is 0 Å². The summed E-state index contributed by atoms with van der Waals surface area (Å²) in [5.41, 5.74) is -0.843. The van der Waals surface area contributed by atoms with E-state index >= 15 is 0 Å². The first-order valence-electron chi connectivity index (χ1n) is 7.27. The van der Waals surface area contributed by atoms with Gasteiger partial charge in [0.25, 0.3) is 5.91 Å². The Morgan fingerprint density at radius 1 is 1.00 bits per heavy atom. The van der Waals surface area contributed by atoms with Crippen LogP contribution in [-0.2, 0) is 4.79 Å². The molecule has 0 radical (unpaired) electrons. The van der Waals surface area contributed by atoms with Crippen molar-refractivity contribution < 1.29 is 27.2 Å². The summed E-state index contributed by atoms with van der Waals surface area (Å²) in [5, 5.41) is 0. The molecule has 1 aliphatic heterocycles. The Labute approximate surface area is 136 Å². The van der Waals surface area contributed by atoms with Gasteiger partial charge in [0, 0.05) is 40.3 Å². The average molecular weight is 347 g/mol.